The third kappa shape index (κ3) is 2.82. The molecule has 0 amide bonds. The van der Waals surface area contributed by atoms with Crippen LogP contribution in [0, 0.1) is 6.92 Å². The lowest BCUT2D eigenvalue weighted by atomic mass is 10.0. The third-order valence-corrected chi connectivity index (χ3v) is 3.20. The highest BCUT2D eigenvalue weighted by Crippen LogP contribution is 2.33. The highest BCUT2D eigenvalue weighted by Gasteiger charge is 2.16. The number of benzene rings is 2. The smallest absolute Gasteiger partial charge is 0.339 e. The van der Waals surface area contributed by atoms with Gasteiger partial charge in [0.05, 0.1) is 0 Å². The van der Waals surface area contributed by atoms with Gasteiger partial charge in [-0.3, -0.25) is 0 Å². The number of aryl methyl sites for hydroxylation is 1. The van der Waals surface area contributed by atoms with E-state index in [1.807, 2.05) is 37.3 Å². The van der Waals surface area contributed by atoms with Gasteiger partial charge in [-0.1, -0.05) is 44.2 Å². The number of aromatic carboxylic acids is 1. The number of carboxylic acids is 1. The molecule has 0 radical (unpaired) electrons. The minimum atomic E-state index is -0.981. The normalized spacial score (nSPS) is 10.6. The molecule has 0 heterocycles. The summed E-state index contributed by atoms with van der Waals surface area (Å²) in [7, 11) is 0. The monoisotopic (exact) mass is 270 g/mol. The Morgan fingerprint density at radius 3 is 2.45 bits per heavy atom. The van der Waals surface area contributed by atoms with Crippen LogP contribution in [-0.4, -0.2) is 11.1 Å². The van der Waals surface area contributed by atoms with E-state index in [0.29, 0.717) is 17.4 Å². The van der Waals surface area contributed by atoms with E-state index in [1.165, 1.54) is 0 Å². The van der Waals surface area contributed by atoms with Gasteiger partial charge in [0.2, 0.25) is 0 Å². The molecule has 0 saturated carbocycles. The predicted octanol–water partition coefficient (Wildman–Crippen LogP) is 4.61. The highest BCUT2D eigenvalue weighted by molar-refractivity contribution is 5.91. The lowest BCUT2D eigenvalue weighted by Gasteiger charge is -2.16. The van der Waals surface area contributed by atoms with Crippen LogP contribution in [0.5, 0.6) is 11.5 Å². The fraction of sp³-hybridized carbons (Fsp3) is 0.235. The number of hydrogen-bond donors (Lipinski definition) is 1. The zero-order valence-electron chi connectivity index (χ0n) is 11.9. The topological polar surface area (TPSA) is 46.5 Å². The number of carbonyl (C=O) groups is 1. The van der Waals surface area contributed by atoms with Gasteiger partial charge in [-0.2, -0.15) is 0 Å². The summed E-state index contributed by atoms with van der Waals surface area (Å²) in [4.78, 5) is 11.3. The molecule has 0 bridgehead atoms. The van der Waals surface area contributed by atoms with E-state index in [1.54, 1.807) is 12.1 Å². The Morgan fingerprint density at radius 2 is 1.80 bits per heavy atom. The maximum Gasteiger partial charge on any atom is 0.339 e. The fourth-order valence-corrected chi connectivity index (χ4v) is 2.12. The lowest BCUT2D eigenvalue weighted by molar-refractivity contribution is 0.0694. The Bertz CT molecular complexity index is 630. The van der Waals surface area contributed by atoms with Crippen LogP contribution in [0.2, 0.25) is 0 Å². The molecule has 0 fully saturated rings. The lowest BCUT2D eigenvalue weighted by Crippen LogP contribution is -2.03. The van der Waals surface area contributed by atoms with E-state index >= 15 is 0 Å². The maximum atomic E-state index is 11.3. The minimum absolute atomic E-state index is 0.184. The van der Waals surface area contributed by atoms with Crippen molar-refractivity contribution in [2.45, 2.75) is 26.7 Å². The Kier molecular flexibility index (Phi) is 4.08. The third-order valence-electron chi connectivity index (χ3n) is 3.20. The van der Waals surface area contributed by atoms with Crippen LogP contribution in [0.1, 0.15) is 41.3 Å². The van der Waals surface area contributed by atoms with Crippen LogP contribution in [0.25, 0.3) is 0 Å². The first-order chi connectivity index (χ1) is 9.50. The van der Waals surface area contributed by atoms with Gasteiger partial charge in [0.1, 0.15) is 17.1 Å². The van der Waals surface area contributed by atoms with E-state index in [0.717, 1.165) is 11.1 Å². The molecule has 104 valence electrons. The summed E-state index contributed by atoms with van der Waals surface area (Å²) in [6, 6.07) is 12.8. The molecule has 0 unspecified atom stereocenters. The minimum Gasteiger partial charge on any atom is -0.478 e. The van der Waals surface area contributed by atoms with Gasteiger partial charge in [0.25, 0.3) is 0 Å². The SMILES string of the molecule is Cc1cccc(C(=O)O)c1Oc1ccccc1C(C)C. The van der Waals surface area contributed by atoms with Crippen LogP contribution < -0.4 is 4.74 Å². The second-order valence-corrected chi connectivity index (χ2v) is 5.05. The molecular weight excluding hydrogens is 252 g/mol. The van der Waals surface area contributed by atoms with Crippen molar-refractivity contribution in [3.8, 4) is 11.5 Å². The Labute approximate surface area is 118 Å². The second kappa shape index (κ2) is 5.78. The Morgan fingerprint density at radius 1 is 1.10 bits per heavy atom. The summed E-state index contributed by atoms with van der Waals surface area (Å²) in [6.07, 6.45) is 0. The Hall–Kier alpha value is -2.29. The zero-order valence-corrected chi connectivity index (χ0v) is 11.9. The summed E-state index contributed by atoms with van der Waals surface area (Å²) >= 11 is 0. The molecule has 0 saturated heterocycles. The predicted molar refractivity (Wildman–Crippen MR) is 78.7 cm³/mol. The van der Waals surface area contributed by atoms with Gasteiger partial charge in [-0.05, 0) is 36.1 Å². The molecule has 1 N–H and O–H groups in total. The number of rotatable bonds is 4. The molecule has 2 aromatic rings. The summed E-state index contributed by atoms with van der Waals surface area (Å²) in [5, 5.41) is 9.27. The molecule has 0 atom stereocenters. The van der Waals surface area contributed by atoms with Gasteiger partial charge >= 0.3 is 5.97 Å². The zero-order chi connectivity index (χ0) is 14.7. The Balaban J connectivity index is 2.48. The summed E-state index contributed by atoms with van der Waals surface area (Å²) < 4.78 is 5.91. The number of carboxylic acid groups (broad SMARTS) is 1. The molecule has 3 nitrogen and oxygen atoms in total. The molecule has 0 aliphatic heterocycles. The van der Waals surface area contributed by atoms with Crippen LogP contribution >= 0.6 is 0 Å². The second-order valence-electron chi connectivity index (χ2n) is 5.05. The summed E-state index contributed by atoms with van der Waals surface area (Å²) in [5.41, 5.74) is 2.05. The van der Waals surface area contributed by atoms with Gasteiger partial charge in [-0.25, -0.2) is 4.79 Å². The van der Waals surface area contributed by atoms with E-state index in [2.05, 4.69) is 13.8 Å². The van der Waals surface area contributed by atoms with Gasteiger partial charge in [0.15, 0.2) is 0 Å². The average Bonchev–Trinajstić information content (AvgIpc) is 2.41. The van der Waals surface area contributed by atoms with Crippen LogP contribution in [0.15, 0.2) is 42.5 Å². The molecule has 20 heavy (non-hydrogen) atoms. The van der Waals surface area contributed by atoms with E-state index in [9.17, 15) is 9.90 Å². The molecular formula is C17H18O3. The van der Waals surface area contributed by atoms with Crippen molar-refractivity contribution in [1.82, 2.24) is 0 Å². The van der Waals surface area contributed by atoms with Gasteiger partial charge in [0, 0.05) is 0 Å². The van der Waals surface area contributed by atoms with E-state index in [-0.39, 0.29) is 5.56 Å². The van der Waals surface area contributed by atoms with Crippen molar-refractivity contribution >= 4 is 5.97 Å². The van der Waals surface area contributed by atoms with Crippen molar-refractivity contribution in [2.24, 2.45) is 0 Å². The largest absolute Gasteiger partial charge is 0.478 e. The van der Waals surface area contributed by atoms with Crippen molar-refractivity contribution in [3.63, 3.8) is 0 Å². The fourth-order valence-electron chi connectivity index (χ4n) is 2.12. The van der Waals surface area contributed by atoms with Crippen LogP contribution in [-0.2, 0) is 0 Å². The highest BCUT2D eigenvalue weighted by atomic mass is 16.5. The molecule has 0 spiro atoms. The number of ether oxygens (including phenoxy) is 1. The van der Waals surface area contributed by atoms with Crippen molar-refractivity contribution < 1.29 is 14.6 Å². The molecule has 2 aromatic carbocycles. The van der Waals surface area contributed by atoms with Crippen molar-refractivity contribution in [1.29, 1.82) is 0 Å². The quantitative estimate of drug-likeness (QED) is 0.882. The van der Waals surface area contributed by atoms with Gasteiger partial charge in [-0.15, -0.1) is 0 Å². The molecule has 3 heteroatoms. The van der Waals surface area contributed by atoms with Crippen molar-refractivity contribution in [2.75, 3.05) is 0 Å². The van der Waals surface area contributed by atoms with Crippen molar-refractivity contribution in [3.05, 3.63) is 59.2 Å². The summed E-state index contributed by atoms with van der Waals surface area (Å²) in [5.74, 6) is 0.446. The first-order valence-electron chi connectivity index (χ1n) is 6.60. The number of hydrogen-bond acceptors (Lipinski definition) is 2. The van der Waals surface area contributed by atoms with Crippen LogP contribution in [0.3, 0.4) is 0 Å². The van der Waals surface area contributed by atoms with E-state index in [4.69, 9.17) is 4.74 Å². The van der Waals surface area contributed by atoms with Gasteiger partial charge < -0.3 is 9.84 Å². The first kappa shape index (κ1) is 14.1. The molecule has 0 aliphatic rings. The van der Waals surface area contributed by atoms with Crippen LogP contribution in [0.4, 0.5) is 0 Å². The molecule has 0 aliphatic carbocycles. The molecule has 0 aromatic heterocycles. The maximum absolute atomic E-state index is 11.3. The summed E-state index contributed by atoms with van der Waals surface area (Å²) in [6.45, 7) is 6.01. The molecule has 2 rings (SSSR count). The standard InChI is InChI=1S/C17H18O3/c1-11(2)13-8-4-5-10-15(13)20-16-12(3)7-6-9-14(16)17(18)19/h4-11H,1-3H3,(H,18,19). The first-order valence-corrected chi connectivity index (χ1v) is 6.60. The van der Waals surface area contributed by atoms with E-state index < -0.39 is 5.97 Å². The number of para-hydroxylation sites is 2. The average molecular weight is 270 g/mol.